The average Bonchev–Trinajstić information content (AvgIpc) is 2.16. The maximum Gasteiger partial charge on any atom is 0.158 e. The van der Waals surface area contributed by atoms with Crippen molar-refractivity contribution < 1.29 is 9.60 Å². The van der Waals surface area contributed by atoms with Gasteiger partial charge >= 0.3 is 0 Å². The van der Waals surface area contributed by atoms with Gasteiger partial charge in [-0.25, -0.2) is 4.39 Å². The van der Waals surface area contributed by atoms with Gasteiger partial charge in [0.2, 0.25) is 0 Å². The molecule has 0 spiro atoms. The van der Waals surface area contributed by atoms with Gasteiger partial charge in [-0.2, -0.15) is 0 Å². The van der Waals surface area contributed by atoms with Crippen LogP contribution in [0.5, 0.6) is 0 Å². The van der Waals surface area contributed by atoms with Crippen LogP contribution < -0.4 is 11.1 Å². The molecule has 0 bridgehead atoms. The third-order valence-corrected chi connectivity index (χ3v) is 2.01. The SMILES string of the molecule is NC(CNc1ccc(Br)cc1F)=NO. The Balaban J connectivity index is 2.68. The highest BCUT2D eigenvalue weighted by Gasteiger charge is 2.02. The molecule has 0 aromatic heterocycles. The number of hydrogen-bond donors (Lipinski definition) is 3. The van der Waals surface area contributed by atoms with Crippen molar-refractivity contribution in [1.29, 1.82) is 0 Å². The summed E-state index contributed by atoms with van der Waals surface area (Å²) in [6.07, 6.45) is 0. The van der Waals surface area contributed by atoms with Crippen LogP contribution in [0, 0.1) is 5.82 Å². The molecule has 76 valence electrons. The summed E-state index contributed by atoms with van der Waals surface area (Å²) in [7, 11) is 0. The van der Waals surface area contributed by atoms with Crippen molar-refractivity contribution in [2.75, 3.05) is 11.9 Å². The van der Waals surface area contributed by atoms with E-state index in [1.165, 1.54) is 6.07 Å². The van der Waals surface area contributed by atoms with Gasteiger partial charge in [-0.15, -0.1) is 0 Å². The van der Waals surface area contributed by atoms with Crippen molar-refractivity contribution >= 4 is 27.5 Å². The number of hydrogen-bond acceptors (Lipinski definition) is 3. The monoisotopic (exact) mass is 261 g/mol. The lowest BCUT2D eigenvalue weighted by Crippen LogP contribution is -2.22. The summed E-state index contributed by atoms with van der Waals surface area (Å²) in [5, 5.41) is 13.7. The molecular weight excluding hydrogens is 253 g/mol. The quantitative estimate of drug-likeness (QED) is 0.336. The molecule has 1 aromatic carbocycles. The summed E-state index contributed by atoms with van der Waals surface area (Å²) in [4.78, 5) is 0. The van der Waals surface area contributed by atoms with Crippen LogP contribution in [-0.2, 0) is 0 Å². The lowest BCUT2D eigenvalue weighted by molar-refractivity contribution is 0.317. The summed E-state index contributed by atoms with van der Waals surface area (Å²) in [5.41, 5.74) is 5.51. The van der Waals surface area contributed by atoms with E-state index in [9.17, 15) is 4.39 Å². The fourth-order valence-corrected chi connectivity index (χ4v) is 1.19. The summed E-state index contributed by atoms with van der Waals surface area (Å²) in [6, 6.07) is 4.58. The summed E-state index contributed by atoms with van der Waals surface area (Å²) in [6.45, 7) is 0.0923. The van der Waals surface area contributed by atoms with E-state index in [2.05, 4.69) is 26.4 Å². The summed E-state index contributed by atoms with van der Waals surface area (Å²) >= 11 is 3.13. The largest absolute Gasteiger partial charge is 0.409 e. The van der Waals surface area contributed by atoms with Gasteiger partial charge in [-0.05, 0) is 18.2 Å². The first-order chi connectivity index (χ1) is 6.63. The van der Waals surface area contributed by atoms with Crippen molar-refractivity contribution in [3.8, 4) is 0 Å². The van der Waals surface area contributed by atoms with Crippen molar-refractivity contribution in [3.63, 3.8) is 0 Å². The number of benzene rings is 1. The Bertz CT molecular complexity index is 356. The third-order valence-electron chi connectivity index (χ3n) is 1.52. The van der Waals surface area contributed by atoms with E-state index >= 15 is 0 Å². The number of nitrogens with two attached hydrogens (primary N) is 1. The Hall–Kier alpha value is -1.30. The maximum atomic E-state index is 13.2. The zero-order valence-corrected chi connectivity index (χ0v) is 8.75. The van der Waals surface area contributed by atoms with Gasteiger partial charge in [-0.3, -0.25) is 0 Å². The molecule has 0 fully saturated rings. The van der Waals surface area contributed by atoms with Gasteiger partial charge < -0.3 is 16.3 Å². The van der Waals surface area contributed by atoms with E-state index in [4.69, 9.17) is 10.9 Å². The van der Waals surface area contributed by atoms with E-state index < -0.39 is 5.82 Å². The molecule has 1 aromatic rings. The lowest BCUT2D eigenvalue weighted by Gasteiger charge is -2.06. The molecule has 0 aliphatic rings. The molecule has 0 radical (unpaired) electrons. The molecule has 0 aliphatic carbocycles. The van der Waals surface area contributed by atoms with Crippen LogP contribution in [0.4, 0.5) is 10.1 Å². The minimum absolute atomic E-state index is 0.00711. The number of nitrogens with one attached hydrogen (secondary N) is 1. The Kier molecular flexibility index (Phi) is 3.70. The molecule has 1 rings (SSSR count). The fourth-order valence-electron chi connectivity index (χ4n) is 0.854. The number of oxime groups is 1. The first kappa shape index (κ1) is 10.8. The van der Waals surface area contributed by atoms with Gasteiger partial charge in [0.05, 0.1) is 12.2 Å². The molecule has 4 nitrogen and oxygen atoms in total. The number of rotatable bonds is 3. The van der Waals surface area contributed by atoms with Crippen molar-refractivity contribution in [3.05, 3.63) is 28.5 Å². The topological polar surface area (TPSA) is 70.6 Å². The number of nitrogens with zero attached hydrogens (tertiary/aromatic N) is 1. The number of anilines is 1. The van der Waals surface area contributed by atoms with E-state index in [1.807, 2.05) is 0 Å². The molecule has 4 N–H and O–H groups in total. The first-order valence-electron chi connectivity index (χ1n) is 3.79. The average molecular weight is 262 g/mol. The van der Waals surface area contributed by atoms with Crippen molar-refractivity contribution in [2.45, 2.75) is 0 Å². The predicted molar refractivity (Wildman–Crippen MR) is 56.0 cm³/mol. The lowest BCUT2D eigenvalue weighted by atomic mass is 10.3. The minimum atomic E-state index is -0.398. The van der Waals surface area contributed by atoms with Crippen molar-refractivity contribution in [2.24, 2.45) is 10.9 Å². The molecule has 0 aliphatic heterocycles. The highest BCUT2D eigenvalue weighted by Crippen LogP contribution is 2.18. The molecule has 0 saturated carbocycles. The number of halogens is 2. The van der Waals surface area contributed by atoms with Crippen LogP contribution in [0.1, 0.15) is 0 Å². The van der Waals surface area contributed by atoms with Gasteiger partial charge in [0, 0.05) is 4.47 Å². The van der Waals surface area contributed by atoms with Crippen LogP contribution in [0.3, 0.4) is 0 Å². The van der Waals surface area contributed by atoms with E-state index in [-0.39, 0.29) is 12.4 Å². The zero-order chi connectivity index (χ0) is 10.6. The van der Waals surface area contributed by atoms with E-state index in [1.54, 1.807) is 12.1 Å². The summed E-state index contributed by atoms with van der Waals surface area (Å²) < 4.78 is 13.8. The van der Waals surface area contributed by atoms with Crippen LogP contribution in [-0.4, -0.2) is 17.6 Å². The Morgan fingerprint density at radius 2 is 2.36 bits per heavy atom. The maximum absolute atomic E-state index is 13.2. The van der Waals surface area contributed by atoms with Crippen molar-refractivity contribution in [1.82, 2.24) is 0 Å². The van der Waals surface area contributed by atoms with Gasteiger partial charge in [0.1, 0.15) is 5.82 Å². The van der Waals surface area contributed by atoms with Gasteiger partial charge in [-0.1, -0.05) is 21.1 Å². The highest BCUT2D eigenvalue weighted by atomic mass is 79.9. The molecule has 0 amide bonds. The molecule has 14 heavy (non-hydrogen) atoms. The molecule has 0 saturated heterocycles. The minimum Gasteiger partial charge on any atom is -0.409 e. The van der Waals surface area contributed by atoms with E-state index in [0.29, 0.717) is 10.2 Å². The third kappa shape index (κ3) is 2.88. The molecule has 0 heterocycles. The van der Waals surface area contributed by atoms with Gasteiger partial charge in [0.25, 0.3) is 0 Å². The predicted octanol–water partition coefficient (Wildman–Crippen LogP) is 1.75. The Morgan fingerprint density at radius 1 is 1.64 bits per heavy atom. The highest BCUT2D eigenvalue weighted by molar-refractivity contribution is 9.10. The fraction of sp³-hybridized carbons (Fsp3) is 0.125. The van der Waals surface area contributed by atoms with Crippen LogP contribution in [0.25, 0.3) is 0 Å². The smallest absolute Gasteiger partial charge is 0.158 e. The van der Waals surface area contributed by atoms with Gasteiger partial charge in [0.15, 0.2) is 5.84 Å². The first-order valence-corrected chi connectivity index (χ1v) is 4.58. The molecule has 0 atom stereocenters. The Morgan fingerprint density at radius 3 is 2.93 bits per heavy atom. The van der Waals surface area contributed by atoms with Crippen LogP contribution in [0.15, 0.2) is 27.8 Å². The van der Waals surface area contributed by atoms with E-state index in [0.717, 1.165) is 0 Å². The molecule has 0 unspecified atom stereocenters. The summed E-state index contributed by atoms with van der Waals surface area (Å²) in [5.74, 6) is -0.405. The second kappa shape index (κ2) is 4.80. The van der Waals surface area contributed by atoms with Crippen LogP contribution in [0.2, 0.25) is 0 Å². The molecule has 6 heteroatoms. The second-order valence-corrected chi connectivity index (χ2v) is 3.48. The molecular formula is C8H9BrFN3O. The Labute approximate surface area is 88.7 Å². The standard InChI is InChI=1S/C8H9BrFN3O/c9-5-1-2-7(6(10)3-5)12-4-8(11)13-14/h1-3,12,14H,4H2,(H2,11,13). The zero-order valence-electron chi connectivity index (χ0n) is 7.17. The number of amidine groups is 1. The normalized spacial score (nSPS) is 11.4. The van der Waals surface area contributed by atoms with Crippen LogP contribution >= 0.6 is 15.9 Å². The second-order valence-electron chi connectivity index (χ2n) is 2.57.